The number of para-hydroxylation sites is 1. The SMILES string of the molecule is c1ccc(-c2nc(-c3ccc4ccccc4c3)nc(-c3ccc(-n4c5ccccc5c5c6ccccc6ccc54)cn3)n2)cc1. The van der Waals surface area contributed by atoms with Crippen LogP contribution in [0.5, 0.6) is 0 Å². The van der Waals surface area contributed by atoms with Gasteiger partial charge >= 0.3 is 0 Å². The molecule has 210 valence electrons. The van der Waals surface area contributed by atoms with Crippen molar-refractivity contribution in [1.29, 1.82) is 0 Å². The molecule has 0 bridgehead atoms. The van der Waals surface area contributed by atoms with E-state index in [1.807, 2.05) is 54.7 Å². The summed E-state index contributed by atoms with van der Waals surface area (Å²) in [6.07, 6.45) is 1.91. The van der Waals surface area contributed by atoms with Gasteiger partial charge in [-0.3, -0.25) is 4.98 Å². The first kappa shape index (κ1) is 25.3. The zero-order chi connectivity index (χ0) is 29.7. The maximum Gasteiger partial charge on any atom is 0.182 e. The largest absolute Gasteiger partial charge is 0.308 e. The first-order valence-corrected chi connectivity index (χ1v) is 15.0. The lowest BCUT2D eigenvalue weighted by atomic mass is 10.0. The maximum absolute atomic E-state index is 4.94. The predicted molar refractivity (Wildman–Crippen MR) is 183 cm³/mol. The minimum absolute atomic E-state index is 0.534. The molecule has 9 rings (SSSR count). The zero-order valence-corrected chi connectivity index (χ0v) is 24.2. The number of hydrogen-bond acceptors (Lipinski definition) is 4. The molecule has 0 N–H and O–H groups in total. The molecule has 9 aromatic rings. The lowest BCUT2D eigenvalue weighted by Gasteiger charge is -2.10. The van der Waals surface area contributed by atoms with Gasteiger partial charge in [0.25, 0.3) is 0 Å². The summed E-state index contributed by atoms with van der Waals surface area (Å²) in [4.78, 5) is 19.7. The lowest BCUT2D eigenvalue weighted by Crippen LogP contribution is -2.02. The minimum atomic E-state index is 0.534. The second-order valence-corrected chi connectivity index (χ2v) is 11.2. The Hall–Kier alpha value is -6.20. The third-order valence-electron chi connectivity index (χ3n) is 8.47. The van der Waals surface area contributed by atoms with E-state index in [1.165, 1.54) is 26.9 Å². The smallest absolute Gasteiger partial charge is 0.182 e. The molecule has 3 heterocycles. The summed E-state index contributed by atoms with van der Waals surface area (Å²) >= 11 is 0. The molecule has 5 heteroatoms. The van der Waals surface area contributed by atoms with Crippen LogP contribution in [0.2, 0.25) is 0 Å². The zero-order valence-electron chi connectivity index (χ0n) is 24.2. The third kappa shape index (κ3) is 4.25. The highest BCUT2D eigenvalue weighted by atomic mass is 15.1. The Morgan fingerprint density at radius 3 is 1.91 bits per heavy atom. The van der Waals surface area contributed by atoms with Crippen molar-refractivity contribution >= 4 is 43.4 Å². The van der Waals surface area contributed by atoms with Crippen molar-refractivity contribution in [2.75, 3.05) is 0 Å². The van der Waals surface area contributed by atoms with E-state index in [4.69, 9.17) is 19.9 Å². The Morgan fingerprint density at radius 1 is 0.422 bits per heavy atom. The molecule has 0 spiro atoms. The van der Waals surface area contributed by atoms with Crippen molar-refractivity contribution in [3.8, 4) is 40.0 Å². The van der Waals surface area contributed by atoms with Crippen LogP contribution in [-0.4, -0.2) is 24.5 Å². The number of aromatic nitrogens is 5. The summed E-state index contributed by atoms with van der Waals surface area (Å²) in [5.74, 6) is 1.76. The number of nitrogens with zero attached hydrogens (tertiary/aromatic N) is 5. The Labute approximate surface area is 259 Å². The molecule has 0 unspecified atom stereocenters. The van der Waals surface area contributed by atoms with Gasteiger partial charge in [-0.1, -0.05) is 115 Å². The summed E-state index contributed by atoms with van der Waals surface area (Å²) in [5, 5.41) is 7.26. The van der Waals surface area contributed by atoms with E-state index in [9.17, 15) is 0 Å². The summed E-state index contributed by atoms with van der Waals surface area (Å²) in [6.45, 7) is 0. The molecular formula is C40H25N5. The van der Waals surface area contributed by atoms with E-state index in [2.05, 4.69) is 102 Å². The normalized spacial score (nSPS) is 11.6. The highest BCUT2D eigenvalue weighted by molar-refractivity contribution is 6.21. The Balaban J connectivity index is 1.20. The van der Waals surface area contributed by atoms with Gasteiger partial charge in [-0.2, -0.15) is 0 Å². The van der Waals surface area contributed by atoms with Gasteiger partial charge in [0.05, 0.1) is 22.9 Å². The molecule has 3 aromatic heterocycles. The highest BCUT2D eigenvalue weighted by Crippen LogP contribution is 2.37. The Kier molecular flexibility index (Phi) is 5.74. The second kappa shape index (κ2) is 10.2. The Morgan fingerprint density at radius 2 is 1.09 bits per heavy atom. The van der Waals surface area contributed by atoms with Crippen LogP contribution in [0.4, 0.5) is 0 Å². The van der Waals surface area contributed by atoms with Crippen LogP contribution in [0, 0.1) is 0 Å². The van der Waals surface area contributed by atoms with Crippen molar-refractivity contribution in [2.24, 2.45) is 0 Å². The molecule has 0 aliphatic carbocycles. The molecular weight excluding hydrogens is 550 g/mol. The maximum atomic E-state index is 4.94. The van der Waals surface area contributed by atoms with Crippen LogP contribution >= 0.6 is 0 Å². The number of pyridine rings is 1. The molecule has 6 aromatic carbocycles. The van der Waals surface area contributed by atoms with Gasteiger partial charge in [-0.25, -0.2) is 15.0 Å². The van der Waals surface area contributed by atoms with Crippen molar-refractivity contribution in [3.63, 3.8) is 0 Å². The van der Waals surface area contributed by atoms with Crippen LogP contribution in [0.25, 0.3) is 83.3 Å². The number of hydrogen-bond donors (Lipinski definition) is 0. The molecule has 0 saturated heterocycles. The highest BCUT2D eigenvalue weighted by Gasteiger charge is 2.17. The number of rotatable bonds is 4. The van der Waals surface area contributed by atoms with E-state index < -0.39 is 0 Å². The summed E-state index contributed by atoms with van der Waals surface area (Å²) < 4.78 is 2.29. The molecule has 0 saturated carbocycles. The molecule has 0 atom stereocenters. The first-order chi connectivity index (χ1) is 22.3. The molecule has 5 nitrogen and oxygen atoms in total. The van der Waals surface area contributed by atoms with Gasteiger partial charge in [-0.15, -0.1) is 0 Å². The van der Waals surface area contributed by atoms with E-state index in [0.717, 1.165) is 33.2 Å². The fourth-order valence-electron chi connectivity index (χ4n) is 6.33. The van der Waals surface area contributed by atoms with E-state index in [1.54, 1.807) is 0 Å². The van der Waals surface area contributed by atoms with Crippen molar-refractivity contribution in [3.05, 3.63) is 152 Å². The van der Waals surface area contributed by atoms with Crippen molar-refractivity contribution in [1.82, 2.24) is 24.5 Å². The predicted octanol–water partition coefficient (Wildman–Crippen LogP) is 9.67. The average molecular weight is 576 g/mol. The van der Waals surface area contributed by atoms with E-state index in [0.29, 0.717) is 23.2 Å². The van der Waals surface area contributed by atoms with Gasteiger partial charge in [-0.05, 0) is 51.9 Å². The molecule has 0 aliphatic rings. The molecule has 0 radical (unpaired) electrons. The summed E-state index contributed by atoms with van der Waals surface area (Å²) in [6, 6.07) is 50.3. The fourth-order valence-corrected chi connectivity index (χ4v) is 6.33. The molecule has 0 amide bonds. The minimum Gasteiger partial charge on any atom is -0.308 e. The van der Waals surface area contributed by atoms with Gasteiger partial charge < -0.3 is 4.57 Å². The lowest BCUT2D eigenvalue weighted by molar-refractivity contribution is 1.05. The van der Waals surface area contributed by atoms with Gasteiger partial charge in [0.1, 0.15) is 5.69 Å². The Bertz CT molecular complexity index is 2530. The molecule has 0 aliphatic heterocycles. The summed E-state index contributed by atoms with van der Waals surface area (Å²) in [5.41, 5.74) is 5.82. The van der Waals surface area contributed by atoms with Crippen LogP contribution in [0.15, 0.2) is 152 Å². The van der Waals surface area contributed by atoms with Crippen molar-refractivity contribution < 1.29 is 0 Å². The summed E-state index contributed by atoms with van der Waals surface area (Å²) in [7, 11) is 0. The van der Waals surface area contributed by atoms with E-state index in [-0.39, 0.29) is 0 Å². The van der Waals surface area contributed by atoms with Crippen LogP contribution in [-0.2, 0) is 0 Å². The van der Waals surface area contributed by atoms with Gasteiger partial charge in [0.2, 0.25) is 0 Å². The van der Waals surface area contributed by atoms with Crippen LogP contribution < -0.4 is 0 Å². The average Bonchev–Trinajstić information content (AvgIpc) is 3.46. The first-order valence-electron chi connectivity index (χ1n) is 15.0. The number of benzene rings is 6. The van der Waals surface area contributed by atoms with Crippen LogP contribution in [0.1, 0.15) is 0 Å². The van der Waals surface area contributed by atoms with Crippen LogP contribution in [0.3, 0.4) is 0 Å². The fraction of sp³-hybridized carbons (Fsp3) is 0. The standard InChI is InChI=1S/C40H25N5/c1-2-12-28(13-3-1)38-42-39(30-19-18-26-10-4-5-14-29(26)24-30)44-40(43-38)34-22-21-31(25-41-34)45-35-17-9-8-16-33(35)37-32-15-7-6-11-27(32)20-23-36(37)45/h1-25H. The van der Waals surface area contributed by atoms with E-state index >= 15 is 0 Å². The van der Waals surface area contributed by atoms with Gasteiger partial charge in [0, 0.05) is 21.9 Å². The van der Waals surface area contributed by atoms with Gasteiger partial charge in [0.15, 0.2) is 17.5 Å². The molecule has 45 heavy (non-hydrogen) atoms. The quantitative estimate of drug-likeness (QED) is 0.210. The third-order valence-corrected chi connectivity index (χ3v) is 8.47. The molecule has 0 fully saturated rings. The van der Waals surface area contributed by atoms with Crippen molar-refractivity contribution in [2.45, 2.75) is 0 Å². The monoisotopic (exact) mass is 575 g/mol. The topological polar surface area (TPSA) is 56.5 Å². The number of fused-ring (bicyclic) bond motifs is 6. The second-order valence-electron chi connectivity index (χ2n) is 11.2.